The molecule has 0 N–H and O–H groups in total. The number of hydrogen-bond donors (Lipinski definition) is 0. The van der Waals surface area contributed by atoms with Gasteiger partial charge in [-0.15, -0.1) is 0 Å². The van der Waals surface area contributed by atoms with Crippen LogP contribution in [0.1, 0.15) is 33.6 Å². The van der Waals surface area contributed by atoms with E-state index in [1.54, 1.807) is 13.2 Å². The van der Waals surface area contributed by atoms with Gasteiger partial charge in [0.15, 0.2) is 5.82 Å². The van der Waals surface area contributed by atoms with E-state index in [4.69, 9.17) is 26.3 Å². The minimum atomic E-state index is 0.0241. The van der Waals surface area contributed by atoms with E-state index in [1.165, 1.54) is 0 Å². The molecule has 0 radical (unpaired) electrons. The van der Waals surface area contributed by atoms with Crippen LogP contribution >= 0.6 is 11.6 Å². The van der Waals surface area contributed by atoms with E-state index in [0.717, 1.165) is 46.2 Å². The fourth-order valence-corrected chi connectivity index (χ4v) is 4.97. The highest BCUT2D eigenvalue weighted by atomic mass is 35.5. The molecule has 2 heterocycles. The minimum absolute atomic E-state index is 0.0241. The third-order valence-electron chi connectivity index (χ3n) is 6.92. The highest BCUT2D eigenvalue weighted by Crippen LogP contribution is 2.29. The van der Waals surface area contributed by atoms with E-state index in [0.29, 0.717) is 43.2 Å². The number of amides is 1. The quantitative estimate of drug-likeness (QED) is 0.306. The number of benzene rings is 3. The lowest BCUT2D eigenvalue weighted by molar-refractivity contribution is 0.0766. The molecule has 1 saturated heterocycles. The number of anilines is 1. The van der Waals surface area contributed by atoms with Crippen molar-refractivity contribution >= 4 is 23.3 Å². The fourth-order valence-electron chi connectivity index (χ4n) is 4.84. The first-order valence-electron chi connectivity index (χ1n) is 12.9. The van der Waals surface area contributed by atoms with Crippen molar-refractivity contribution in [1.82, 2.24) is 14.9 Å². The largest absolute Gasteiger partial charge is 0.497 e. The summed E-state index contributed by atoms with van der Waals surface area (Å²) < 4.78 is 5.32. The Labute approximate surface area is 228 Å². The van der Waals surface area contributed by atoms with Crippen molar-refractivity contribution in [2.24, 2.45) is 0 Å². The van der Waals surface area contributed by atoms with Crippen LogP contribution in [-0.2, 0) is 6.42 Å². The third kappa shape index (κ3) is 5.81. The number of carbonyl (C=O) groups excluding carboxylic acids is 1. The van der Waals surface area contributed by atoms with E-state index in [-0.39, 0.29) is 5.91 Å². The molecule has 0 spiro atoms. The van der Waals surface area contributed by atoms with Gasteiger partial charge < -0.3 is 14.5 Å². The van der Waals surface area contributed by atoms with Crippen LogP contribution in [0.4, 0.5) is 5.82 Å². The number of aromatic nitrogens is 2. The van der Waals surface area contributed by atoms with Crippen molar-refractivity contribution in [3.63, 3.8) is 0 Å². The molecule has 1 fully saturated rings. The van der Waals surface area contributed by atoms with Gasteiger partial charge in [0.25, 0.3) is 5.91 Å². The normalized spacial score (nSPS) is 13.8. The first-order valence-corrected chi connectivity index (χ1v) is 13.3. The van der Waals surface area contributed by atoms with E-state index < -0.39 is 0 Å². The van der Waals surface area contributed by atoms with E-state index in [2.05, 4.69) is 11.8 Å². The molecule has 0 bridgehead atoms. The summed E-state index contributed by atoms with van der Waals surface area (Å²) in [5.41, 5.74) is 4.83. The maximum atomic E-state index is 13.3. The van der Waals surface area contributed by atoms with Crippen molar-refractivity contribution < 1.29 is 9.53 Å². The topological polar surface area (TPSA) is 58.6 Å². The summed E-state index contributed by atoms with van der Waals surface area (Å²) in [4.78, 5) is 27.5. The lowest BCUT2D eigenvalue weighted by Gasteiger charge is -2.26. The molecule has 0 aliphatic carbocycles. The second-order valence-electron chi connectivity index (χ2n) is 9.47. The Morgan fingerprint density at radius 3 is 2.47 bits per heavy atom. The maximum absolute atomic E-state index is 13.3. The fraction of sp³-hybridized carbons (Fsp3) is 0.258. The van der Waals surface area contributed by atoms with Gasteiger partial charge >= 0.3 is 0 Å². The number of nitrogens with zero attached hydrogens (tertiary/aromatic N) is 4. The summed E-state index contributed by atoms with van der Waals surface area (Å²) in [6.07, 6.45) is 1.55. The van der Waals surface area contributed by atoms with Gasteiger partial charge in [0.2, 0.25) is 0 Å². The van der Waals surface area contributed by atoms with Crippen LogP contribution in [0.15, 0.2) is 78.9 Å². The van der Waals surface area contributed by atoms with Gasteiger partial charge in [-0.1, -0.05) is 60.1 Å². The minimum Gasteiger partial charge on any atom is -0.497 e. The zero-order valence-electron chi connectivity index (χ0n) is 21.7. The molecule has 0 unspecified atom stereocenters. The molecule has 7 heteroatoms. The molecule has 4 aromatic rings. The summed E-state index contributed by atoms with van der Waals surface area (Å²) in [6.45, 7) is 4.85. The molecule has 1 aliphatic rings. The second kappa shape index (κ2) is 11.7. The number of carbonyl (C=O) groups is 1. The first-order chi connectivity index (χ1) is 18.5. The zero-order chi connectivity index (χ0) is 26.5. The molecule has 38 heavy (non-hydrogen) atoms. The number of halogens is 1. The molecule has 3 aromatic carbocycles. The molecular formula is C31H31ClN4O2. The summed E-state index contributed by atoms with van der Waals surface area (Å²) in [5, 5.41) is 0.717. The molecule has 5 rings (SSSR count). The summed E-state index contributed by atoms with van der Waals surface area (Å²) in [6, 6.07) is 25.4. The molecule has 1 aromatic heterocycles. The molecule has 6 nitrogen and oxygen atoms in total. The van der Waals surface area contributed by atoms with Crippen molar-refractivity contribution in [3.8, 4) is 17.1 Å². The van der Waals surface area contributed by atoms with Crippen LogP contribution in [0.2, 0.25) is 5.02 Å². The van der Waals surface area contributed by atoms with Gasteiger partial charge in [-0.3, -0.25) is 4.79 Å². The monoisotopic (exact) mass is 526 g/mol. The van der Waals surface area contributed by atoms with Crippen LogP contribution in [-0.4, -0.2) is 54.1 Å². The van der Waals surface area contributed by atoms with Crippen molar-refractivity contribution in [2.75, 3.05) is 38.2 Å². The van der Waals surface area contributed by atoms with Crippen LogP contribution in [0.5, 0.6) is 5.75 Å². The van der Waals surface area contributed by atoms with E-state index in [9.17, 15) is 4.79 Å². The summed E-state index contributed by atoms with van der Waals surface area (Å²) in [5.74, 6) is 2.36. The van der Waals surface area contributed by atoms with Gasteiger partial charge in [-0.25, -0.2) is 9.97 Å². The lowest BCUT2D eigenvalue weighted by atomic mass is 10.0. The Morgan fingerprint density at radius 2 is 1.71 bits per heavy atom. The molecule has 194 valence electrons. The highest BCUT2D eigenvalue weighted by Gasteiger charge is 2.24. The number of aryl methyl sites for hydroxylation is 1. The third-order valence-corrected chi connectivity index (χ3v) is 7.17. The lowest BCUT2D eigenvalue weighted by Crippen LogP contribution is -2.35. The van der Waals surface area contributed by atoms with Gasteiger partial charge in [0.05, 0.1) is 7.11 Å². The Hall–Kier alpha value is -3.90. The summed E-state index contributed by atoms with van der Waals surface area (Å²) >= 11 is 6.13. The van der Waals surface area contributed by atoms with E-state index in [1.807, 2.05) is 77.7 Å². The van der Waals surface area contributed by atoms with Gasteiger partial charge in [-0.05, 0) is 49.2 Å². The van der Waals surface area contributed by atoms with Crippen molar-refractivity contribution in [2.45, 2.75) is 19.8 Å². The van der Waals surface area contributed by atoms with E-state index >= 15 is 0 Å². The Morgan fingerprint density at radius 1 is 0.921 bits per heavy atom. The highest BCUT2D eigenvalue weighted by molar-refractivity contribution is 6.30. The molecular weight excluding hydrogens is 496 g/mol. The Kier molecular flexibility index (Phi) is 7.89. The van der Waals surface area contributed by atoms with Crippen LogP contribution in [0.3, 0.4) is 0 Å². The average molecular weight is 527 g/mol. The van der Waals surface area contributed by atoms with Gasteiger partial charge in [-0.2, -0.15) is 0 Å². The molecule has 0 atom stereocenters. The predicted molar refractivity (Wildman–Crippen MR) is 152 cm³/mol. The molecule has 0 saturated carbocycles. The Balaban J connectivity index is 1.45. The Bertz CT molecular complexity index is 1410. The van der Waals surface area contributed by atoms with Gasteiger partial charge in [0, 0.05) is 60.0 Å². The zero-order valence-corrected chi connectivity index (χ0v) is 22.5. The van der Waals surface area contributed by atoms with Crippen LogP contribution < -0.4 is 9.64 Å². The number of ether oxygens (including phenoxy) is 1. The number of rotatable bonds is 6. The maximum Gasteiger partial charge on any atom is 0.254 e. The van der Waals surface area contributed by atoms with Crippen LogP contribution in [0.25, 0.3) is 11.4 Å². The van der Waals surface area contributed by atoms with Gasteiger partial charge in [0.1, 0.15) is 11.6 Å². The van der Waals surface area contributed by atoms with Crippen molar-refractivity contribution in [1.29, 1.82) is 0 Å². The molecule has 1 aliphatic heterocycles. The predicted octanol–water partition coefficient (Wildman–Crippen LogP) is 6.06. The average Bonchev–Trinajstić information content (AvgIpc) is 3.21. The van der Waals surface area contributed by atoms with Crippen LogP contribution in [0, 0.1) is 6.92 Å². The number of hydrogen-bond acceptors (Lipinski definition) is 5. The second-order valence-corrected chi connectivity index (χ2v) is 9.91. The van der Waals surface area contributed by atoms with Crippen molar-refractivity contribution in [3.05, 3.63) is 106 Å². The molecule has 1 amide bonds. The SMILES string of the molecule is COc1cccc(C(=O)N2CCCN(c3nc(-c4ccccc4)nc(C)c3Cc3ccc(Cl)cc3)CC2)c1. The first kappa shape index (κ1) is 25.7. The summed E-state index contributed by atoms with van der Waals surface area (Å²) in [7, 11) is 1.61. The smallest absolute Gasteiger partial charge is 0.254 e. The standard InChI is InChI=1S/C31H31ClN4O2/c1-22-28(20-23-12-14-26(32)15-13-23)30(34-29(33-22)24-8-4-3-5-9-24)35-16-7-17-36(19-18-35)31(37)25-10-6-11-27(21-25)38-2/h3-6,8-15,21H,7,16-20H2,1-2H3. The number of methoxy groups -OCH3 is 1.